The van der Waals surface area contributed by atoms with E-state index in [-0.39, 0.29) is 0 Å². The maximum absolute atomic E-state index is 11.4. The maximum Gasteiger partial charge on any atom is 0.323 e. The van der Waals surface area contributed by atoms with E-state index < -0.39 is 11.5 Å². The molecule has 2 aliphatic rings. The summed E-state index contributed by atoms with van der Waals surface area (Å²) >= 11 is 0. The van der Waals surface area contributed by atoms with Crippen LogP contribution < -0.4 is 5.32 Å². The summed E-state index contributed by atoms with van der Waals surface area (Å²) in [5.41, 5.74) is -0.752. The number of carboxylic acids is 1. The molecule has 0 aromatic heterocycles. The molecule has 1 saturated heterocycles. The van der Waals surface area contributed by atoms with Crippen LogP contribution in [0.5, 0.6) is 0 Å². The van der Waals surface area contributed by atoms with Crippen molar-refractivity contribution in [2.75, 3.05) is 26.2 Å². The summed E-state index contributed by atoms with van der Waals surface area (Å²) in [7, 11) is 0. The Balaban J connectivity index is 1.65. The number of carboxylic acid groups (broad SMARTS) is 1. The molecule has 4 heteroatoms. The van der Waals surface area contributed by atoms with Gasteiger partial charge in [0, 0.05) is 13.1 Å². The van der Waals surface area contributed by atoms with Gasteiger partial charge in [-0.2, -0.15) is 0 Å². The minimum atomic E-state index is -0.752. The van der Waals surface area contributed by atoms with Crippen LogP contribution >= 0.6 is 0 Å². The summed E-state index contributed by atoms with van der Waals surface area (Å²) < 4.78 is 0. The molecule has 1 saturated carbocycles. The fourth-order valence-corrected chi connectivity index (χ4v) is 4.00. The zero-order chi connectivity index (χ0) is 15.3. The van der Waals surface area contributed by atoms with Crippen molar-refractivity contribution in [2.24, 2.45) is 11.8 Å². The number of carbonyl (C=O) groups is 1. The van der Waals surface area contributed by atoms with Crippen LogP contribution in [-0.2, 0) is 4.79 Å². The van der Waals surface area contributed by atoms with Crippen LogP contribution in [0.4, 0.5) is 0 Å². The van der Waals surface area contributed by atoms with Gasteiger partial charge in [-0.25, -0.2) is 0 Å². The van der Waals surface area contributed by atoms with Crippen molar-refractivity contribution in [3.05, 3.63) is 0 Å². The minimum absolute atomic E-state index is 0.716. The predicted molar refractivity (Wildman–Crippen MR) is 85.5 cm³/mol. The molecular weight excluding hydrogens is 264 g/mol. The lowest BCUT2D eigenvalue weighted by atomic mass is 9.94. The highest BCUT2D eigenvalue weighted by Gasteiger charge is 2.36. The molecule has 1 aliphatic carbocycles. The fraction of sp³-hybridized carbons (Fsp3) is 0.941. The van der Waals surface area contributed by atoms with Gasteiger partial charge in [-0.1, -0.05) is 13.3 Å². The quantitative estimate of drug-likeness (QED) is 0.642. The van der Waals surface area contributed by atoms with Crippen molar-refractivity contribution >= 4 is 5.97 Å². The molecule has 0 amide bonds. The van der Waals surface area contributed by atoms with Crippen molar-refractivity contribution in [1.82, 2.24) is 10.2 Å². The molecule has 2 fully saturated rings. The van der Waals surface area contributed by atoms with Crippen LogP contribution in [0.3, 0.4) is 0 Å². The van der Waals surface area contributed by atoms with Crippen LogP contribution in [0, 0.1) is 11.8 Å². The normalized spacial score (nSPS) is 28.5. The van der Waals surface area contributed by atoms with Gasteiger partial charge in [-0.3, -0.25) is 4.79 Å². The van der Waals surface area contributed by atoms with Crippen molar-refractivity contribution in [2.45, 2.75) is 64.3 Å². The smallest absolute Gasteiger partial charge is 0.323 e. The van der Waals surface area contributed by atoms with E-state index in [9.17, 15) is 9.90 Å². The second kappa shape index (κ2) is 7.59. The van der Waals surface area contributed by atoms with Gasteiger partial charge in [0.25, 0.3) is 0 Å². The Bertz CT molecular complexity index is 336. The molecule has 1 heterocycles. The molecule has 0 bridgehead atoms. The van der Waals surface area contributed by atoms with Gasteiger partial charge in [-0.05, 0) is 70.4 Å². The van der Waals surface area contributed by atoms with E-state index in [1.165, 1.54) is 32.4 Å². The van der Waals surface area contributed by atoms with E-state index in [2.05, 4.69) is 17.1 Å². The summed E-state index contributed by atoms with van der Waals surface area (Å²) in [4.78, 5) is 14.0. The molecule has 2 N–H and O–H groups in total. The van der Waals surface area contributed by atoms with Gasteiger partial charge < -0.3 is 15.3 Å². The van der Waals surface area contributed by atoms with Gasteiger partial charge >= 0.3 is 5.97 Å². The van der Waals surface area contributed by atoms with Crippen LogP contribution in [0.25, 0.3) is 0 Å². The number of likely N-dealkylation sites (tertiary alicyclic amines) is 1. The lowest BCUT2D eigenvalue weighted by molar-refractivity contribution is -0.144. The highest BCUT2D eigenvalue weighted by molar-refractivity contribution is 5.78. The molecule has 0 aromatic rings. The molecule has 0 spiro atoms. The largest absolute Gasteiger partial charge is 0.480 e. The first-order chi connectivity index (χ1) is 10.0. The number of rotatable bonds is 9. The van der Waals surface area contributed by atoms with E-state index in [1.54, 1.807) is 0 Å². The predicted octanol–water partition coefficient (Wildman–Crippen LogP) is 2.73. The van der Waals surface area contributed by atoms with Crippen LogP contribution in [0.1, 0.15) is 58.8 Å². The zero-order valence-corrected chi connectivity index (χ0v) is 13.7. The minimum Gasteiger partial charge on any atom is -0.480 e. The molecule has 3 atom stereocenters. The standard InChI is InChI=1S/C17H32N2O2/c1-3-10-18-17(2,16(20)21)9-4-5-11-19-12-14-7-6-8-15(14)13-19/h14-15,18H,3-13H2,1-2H3,(H,20,21). The Morgan fingerprint density at radius 3 is 2.52 bits per heavy atom. The van der Waals surface area contributed by atoms with Gasteiger partial charge in [0.2, 0.25) is 0 Å². The summed E-state index contributed by atoms with van der Waals surface area (Å²) in [5, 5.41) is 12.6. The lowest BCUT2D eigenvalue weighted by Gasteiger charge is -2.26. The topological polar surface area (TPSA) is 52.6 Å². The maximum atomic E-state index is 11.4. The Kier molecular flexibility index (Phi) is 6.06. The lowest BCUT2D eigenvalue weighted by Crippen LogP contribution is -2.49. The van der Waals surface area contributed by atoms with Crippen molar-refractivity contribution in [3.63, 3.8) is 0 Å². The average Bonchev–Trinajstić information content (AvgIpc) is 3.02. The average molecular weight is 296 g/mol. The molecule has 122 valence electrons. The number of fused-ring (bicyclic) bond motifs is 1. The van der Waals surface area contributed by atoms with Gasteiger partial charge in [-0.15, -0.1) is 0 Å². The van der Waals surface area contributed by atoms with Crippen molar-refractivity contribution < 1.29 is 9.90 Å². The van der Waals surface area contributed by atoms with E-state index in [0.717, 1.165) is 50.6 Å². The first-order valence-corrected chi connectivity index (χ1v) is 8.76. The van der Waals surface area contributed by atoms with Crippen molar-refractivity contribution in [3.8, 4) is 0 Å². The Morgan fingerprint density at radius 1 is 1.29 bits per heavy atom. The highest BCUT2D eigenvalue weighted by atomic mass is 16.4. The third-order valence-corrected chi connectivity index (χ3v) is 5.44. The Labute approximate surface area is 129 Å². The molecular formula is C17H32N2O2. The fourth-order valence-electron chi connectivity index (χ4n) is 4.00. The highest BCUT2D eigenvalue weighted by Crippen LogP contribution is 2.37. The third kappa shape index (κ3) is 4.43. The number of unbranched alkanes of at least 4 members (excludes halogenated alkanes) is 1. The summed E-state index contributed by atoms with van der Waals surface area (Å²) in [5.74, 6) is 1.20. The van der Waals surface area contributed by atoms with Gasteiger partial charge in [0.05, 0.1) is 0 Å². The third-order valence-electron chi connectivity index (χ3n) is 5.44. The van der Waals surface area contributed by atoms with Crippen LogP contribution in [0.15, 0.2) is 0 Å². The van der Waals surface area contributed by atoms with Crippen LogP contribution in [-0.4, -0.2) is 47.7 Å². The number of nitrogens with one attached hydrogen (secondary N) is 1. The van der Waals surface area contributed by atoms with Gasteiger partial charge in [0.15, 0.2) is 0 Å². The monoisotopic (exact) mass is 296 g/mol. The van der Waals surface area contributed by atoms with Crippen molar-refractivity contribution in [1.29, 1.82) is 0 Å². The molecule has 2 rings (SSSR count). The van der Waals surface area contributed by atoms with Crippen LogP contribution in [0.2, 0.25) is 0 Å². The molecule has 1 aliphatic heterocycles. The molecule has 0 radical (unpaired) electrons. The molecule has 21 heavy (non-hydrogen) atoms. The number of nitrogens with zero attached hydrogens (tertiary/aromatic N) is 1. The first kappa shape index (κ1) is 16.8. The summed E-state index contributed by atoms with van der Waals surface area (Å²) in [6.07, 6.45) is 8.10. The first-order valence-electron chi connectivity index (χ1n) is 8.76. The molecule has 3 unspecified atom stereocenters. The molecule has 4 nitrogen and oxygen atoms in total. The van der Waals surface area contributed by atoms with E-state index in [4.69, 9.17) is 0 Å². The second-order valence-electron chi connectivity index (χ2n) is 7.23. The SMILES string of the molecule is CCCNC(C)(CCCCN1CC2CCCC2C1)C(=O)O. The number of hydrogen-bond acceptors (Lipinski definition) is 3. The summed E-state index contributed by atoms with van der Waals surface area (Å²) in [6, 6.07) is 0. The number of aliphatic carboxylic acids is 1. The van der Waals surface area contributed by atoms with E-state index in [1.807, 2.05) is 6.92 Å². The van der Waals surface area contributed by atoms with E-state index in [0.29, 0.717) is 0 Å². The second-order valence-corrected chi connectivity index (χ2v) is 7.23. The van der Waals surface area contributed by atoms with Gasteiger partial charge in [0.1, 0.15) is 5.54 Å². The van der Waals surface area contributed by atoms with E-state index >= 15 is 0 Å². The molecule has 0 aromatic carbocycles. The zero-order valence-electron chi connectivity index (χ0n) is 13.7. The summed E-state index contributed by atoms with van der Waals surface area (Å²) in [6.45, 7) is 8.39. The Morgan fingerprint density at radius 2 is 1.95 bits per heavy atom. The Hall–Kier alpha value is -0.610. The number of hydrogen-bond donors (Lipinski definition) is 2.